The lowest BCUT2D eigenvalue weighted by atomic mass is 9.34. The van der Waals surface area contributed by atoms with Gasteiger partial charge in [-0.05, 0) is 123 Å². The van der Waals surface area contributed by atoms with Crippen molar-refractivity contribution >= 4 is 0 Å². The van der Waals surface area contributed by atoms with Gasteiger partial charge in [0.25, 0.3) is 0 Å². The lowest BCUT2D eigenvalue weighted by Crippen LogP contribution is -2.71. The van der Waals surface area contributed by atoms with Gasteiger partial charge in [-0.15, -0.1) is 0 Å². The van der Waals surface area contributed by atoms with Crippen molar-refractivity contribution in [3.63, 3.8) is 0 Å². The standard InChI is InChI=1S/C48H82O20/c1-20(2)24(68-61)11-15-48(9,67-42-38(60)35(57)32(54)26(18-49)64-42)22-10-14-46(7)30(22)23(51)16-28-45(6)13-12-29(52)44(4,5)40(45)25(17-47(28,46)8)63-43-39(36(58)33(55)27(19-50)65-43)66-41-37(59)34(56)31(53)21(3)62-41/h21-43,49-61H,1,10-19H2,2-9H3/t21-,22-,23+,24?,25-,26+,27+,28+,29-,30-,31-,32+,33+,34+,35-,36-,37+,38+,39+,40-,41-,42-,43+,45+,46+,47+,48-/m0/s1. The van der Waals surface area contributed by atoms with E-state index in [1.807, 2.05) is 20.8 Å². The maximum Gasteiger partial charge on any atom is 0.187 e. The molecule has 4 aliphatic carbocycles. The van der Waals surface area contributed by atoms with Gasteiger partial charge in [-0.2, -0.15) is 0 Å². The Morgan fingerprint density at radius 2 is 1.31 bits per heavy atom. The zero-order chi connectivity index (χ0) is 50.4. The van der Waals surface area contributed by atoms with E-state index in [4.69, 9.17) is 33.3 Å². The fraction of sp³-hybridized carbons (Fsp3) is 0.958. The monoisotopic (exact) mass is 979 g/mol. The maximum atomic E-state index is 12.8. The average molecular weight is 979 g/mol. The second-order valence-electron chi connectivity index (χ2n) is 23.2. The molecule has 7 aliphatic rings. The first-order chi connectivity index (χ1) is 31.7. The highest BCUT2D eigenvalue weighted by molar-refractivity contribution is 5.22. The molecular weight excluding hydrogens is 897 g/mol. The van der Waals surface area contributed by atoms with Crippen molar-refractivity contribution in [1.29, 1.82) is 0 Å². The Balaban J connectivity index is 1.28. The zero-order valence-electron chi connectivity index (χ0n) is 40.7. The van der Waals surface area contributed by atoms with Crippen molar-refractivity contribution in [3.05, 3.63) is 12.2 Å². The Hall–Kier alpha value is -1.06. The molecule has 0 aromatic carbocycles. The Labute approximate surface area is 398 Å². The summed E-state index contributed by atoms with van der Waals surface area (Å²) in [4.78, 5) is 4.81. The molecule has 1 unspecified atom stereocenters. The predicted molar refractivity (Wildman–Crippen MR) is 236 cm³/mol. The third kappa shape index (κ3) is 8.98. The first-order valence-corrected chi connectivity index (χ1v) is 24.6. The zero-order valence-corrected chi connectivity index (χ0v) is 40.7. The number of aliphatic hydroxyl groups is 12. The molecule has 7 rings (SSSR count). The van der Waals surface area contributed by atoms with E-state index in [1.54, 1.807) is 6.92 Å². The molecule has 394 valence electrons. The highest BCUT2D eigenvalue weighted by Crippen LogP contribution is 2.76. The Morgan fingerprint density at radius 3 is 1.91 bits per heavy atom. The van der Waals surface area contributed by atoms with E-state index >= 15 is 0 Å². The molecular formula is C48H82O20. The number of hydrogen-bond donors (Lipinski definition) is 13. The van der Waals surface area contributed by atoms with Gasteiger partial charge < -0.3 is 89.7 Å². The van der Waals surface area contributed by atoms with Crippen molar-refractivity contribution in [2.75, 3.05) is 13.2 Å². The third-order valence-corrected chi connectivity index (χ3v) is 19.1. The van der Waals surface area contributed by atoms with Crippen molar-refractivity contribution < 1.29 is 99.8 Å². The lowest BCUT2D eigenvalue weighted by molar-refractivity contribution is -0.382. The molecule has 0 amide bonds. The highest BCUT2D eigenvalue weighted by atomic mass is 17.1. The molecule has 4 saturated carbocycles. The summed E-state index contributed by atoms with van der Waals surface area (Å²) in [7, 11) is 0. The molecule has 0 aromatic heterocycles. The van der Waals surface area contributed by atoms with Gasteiger partial charge in [0.15, 0.2) is 18.9 Å². The first kappa shape index (κ1) is 54.7. The van der Waals surface area contributed by atoms with Crippen LogP contribution in [0.4, 0.5) is 0 Å². The van der Waals surface area contributed by atoms with Crippen molar-refractivity contribution in [2.24, 2.45) is 45.3 Å². The van der Waals surface area contributed by atoms with Crippen LogP contribution in [0.15, 0.2) is 12.2 Å². The summed E-state index contributed by atoms with van der Waals surface area (Å²) in [6.07, 6.45) is -23.2. The molecule has 7 fully saturated rings. The molecule has 3 saturated heterocycles. The molecule has 0 radical (unpaired) electrons. The van der Waals surface area contributed by atoms with Crippen LogP contribution in [0, 0.1) is 45.3 Å². The van der Waals surface area contributed by atoms with Crippen LogP contribution in [-0.2, 0) is 33.3 Å². The smallest absolute Gasteiger partial charge is 0.187 e. The number of hydrogen-bond acceptors (Lipinski definition) is 20. The molecule has 20 nitrogen and oxygen atoms in total. The van der Waals surface area contributed by atoms with Crippen LogP contribution in [0.2, 0.25) is 0 Å². The Morgan fingerprint density at radius 1 is 0.721 bits per heavy atom. The SMILES string of the molecule is C=C(C)C(CC[C@](C)(O[C@@H]1O[C@H](CO)[C@@H](O)[C@H](O)[C@H]1O)[C@H]1CC[C@]2(C)[C@@H]1[C@H](O)C[C@@H]1[C@@]3(C)CC[C@H](O)C(C)(C)[C@@H]3[C@@H](O[C@@H]3O[C@H](CO)[C@@H](O)[C@H](O)[C@H]3O[C@@H]3O[C@@H](C)[C@H](O)[C@@H](O)[C@H]3O)C[C@]12C)OO. The van der Waals surface area contributed by atoms with Crippen LogP contribution in [0.3, 0.4) is 0 Å². The number of aliphatic hydroxyl groups excluding tert-OH is 12. The van der Waals surface area contributed by atoms with Gasteiger partial charge in [0.2, 0.25) is 0 Å². The van der Waals surface area contributed by atoms with Gasteiger partial charge in [-0.25, -0.2) is 4.89 Å². The van der Waals surface area contributed by atoms with Crippen LogP contribution in [0.1, 0.15) is 107 Å². The van der Waals surface area contributed by atoms with Gasteiger partial charge in [0.1, 0.15) is 73.2 Å². The van der Waals surface area contributed by atoms with E-state index in [2.05, 4.69) is 27.4 Å². The van der Waals surface area contributed by atoms with E-state index in [9.17, 15) is 66.5 Å². The minimum atomic E-state index is -1.77. The van der Waals surface area contributed by atoms with Crippen LogP contribution >= 0.6 is 0 Å². The summed E-state index contributed by atoms with van der Waals surface area (Å²) in [6, 6.07) is 0. The second kappa shape index (κ2) is 20.0. The summed E-state index contributed by atoms with van der Waals surface area (Å²) < 4.78 is 38.0. The minimum Gasteiger partial charge on any atom is -0.394 e. The van der Waals surface area contributed by atoms with Crippen molar-refractivity contribution in [3.8, 4) is 0 Å². The molecule has 3 heterocycles. The van der Waals surface area contributed by atoms with E-state index in [0.29, 0.717) is 44.1 Å². The number of ether oxygens (including phenoxy) is 6. The van der Waals surface area contributed by atoms with Gasteiger partial charge in [-0.1, -0.05) is 41.2 Å². The number of fused-ring (bicyclic) bond motifs is 5. The molecule has 13 N–H and O–H groups in total. The first-order valence-electron chi connectivity index (χ1n) is 24.6. The molecule has 27 atom stereocenters. The maximum absolute atomic E-state index is 12.8. The Kier molecular flexibility index (Phi) is 16.1. The van der Waals surface area contributed by atoms with Crippen LogP contribution in [0.25, 0.3) is 0 Å². The fourth-order valence-corrected chi connectivity index (χ4v) is 15.0. The molecule has 20 heteroatoms. The van der Waals surface area contributed by atoms with Crippen LogP contribution < -0.4 is 0 Å². The highest BCUT2D eigenvalue weighted by Gasteiger charge is 2.74. The number of rotatable bonds is 14. The lowest BCUT2D eigenvalue weighted by Gasteiger charge is -2.72. The minimum absolute atomic E-state index is 0.146. The van der Waals surface area contributed by atoms with Gasteiger partial charge in [-0.3, -0.25) is 5.26 Å². The predicted octanol–water partition coefficient (Wildman–Crippen LogP) is -0.560. The molecule has 0 bridgehead atoms. The van der Waals surface area contributed by atoms with Gasteiger partial charge >= 0.3 is 0 Å². The quantitative estimate of drug-likeness (QED) is 0.0449. The van der Waals surface area contributed by atoms with Gasteiger partial charge in [0, 0.05) is 0 Å². The van der Waals surface area contributed by atoms with Crippen LogP contribution in [0.5, 0.6) is 0 Å². The fourth-order valence-electron chi connectivity index (χ4n) is 15.0. The summed E-state index contributed by atoms with van der Waals surface area (Å²) >= 11 is 0. The second-order valence-corrected chi connectivity index (χ2v) is 23.2. The summed E-state index contributed by atoms with van der Waals surface area (Å²) in [5.41, 5.74) is -3.45. The van der Waals surface area contributed by atoms with Crippen molar-refractivity contribution in [1.82, 2.24) is 0 Å². The molecule has 0 aromatic rings. The Bertz CT molecular complexity index is 1740. The molecule has 68 heavy (non-hydrogen) atoms. The van der Waals surface area contributed by atoms with Crippen molar-refractivity contribution in [2.45, 2.75) is 229 Å². The van der Waals surface area contributed by atoms with E-state index in [-0.39, 0.29) is 18.8 Å². The topological polar surface area (TPSA) is 328 Å². The molecule has 3 aliphatic heterocycles. The van der Waals surface area contributed by atoms with Crippen LogP contribution in [-0.4, -0.2) is 202 Å². The summed E-state index contributed by atoms with van der Waals surface area (Å²) in [5, 5.41) is 142. The summed E-state index contributed by atoms with van der Waals surface area (Å²) in [6.45, 7) is 18.1. The molecule has 0 spiro atoms. The normalized spacial score (nSPS) is 52.8. The largest absolute Gasteiger partial charge is 0.394 e. The average Bonchev–Trinajstić information content (AvgIpc) is 3.67. The van der Waals surface area contributed by atoms with E-state index < -0.39 is 175 Å². The van der Waals surface area contributed by atoms with Gasteiger partial charge in [0.05, 0.1) is 43.2 Å². The van der Waals surface area contributed by atoms with E-state index in [0.717, 1.165) is 0 Å². The summed E-state index contributed by atoms with van der Waals surface area (Å²) in [5.74, 6) is -1.49. The van der Waals surface area contributed by atoms with E-state index in [1.165, 1.54) is 6.92 Å². The third-order valence-electron chi connectivity index (χ3n) is 19.1.